The molecule has 0 amide bonds. The molecule has 0 saturated carbocycles. The molecule has 6 heteroatoms. The molecule has 3 N–H and O–H groups in total. The molecule has 1 unspecified atom stereocenters. The summed E-state index contributed by atoms with van der Waals surface area (Å²) in [5.41, 5.74) is 5.56. The molecule has 0 aliphatic carbocycles. The van der Waals surface area contributed by atoms with E-state index in [9.17, 15) is 0 Å². The minimum Gasteiger partial charge on any atom is -0.271 e. The molecule has 102 valence electrons. The number of halogens is 2. The van der Waals surface area contributed by atoms with Crippen LogP contribution < -0.4 is 11.3 Å². The molecule has 0 saturated heterocycles. The van der Waals surface area contributed by atoms with Gasteiger partial charge in [0.2, 0.25) is 0 Å². The highest BCUT2D eigenvalue weighted by molar-refractivity contribution is 6.32. The monoisotopic (exact) mass is 298 g/mol. The predicted octanol–water partition coefficient (Wildman–Crippen LogP) is 3.07. The van der Waals surface area contributed by atoms with Gasteiger partial charge in [-0.1, -0.05) is 35.3 Å². The molecular weight excluding hydrogens is 283 g/mol. The van der Waals surface area contributed by atoms with E-state index in [4.69, 9.17) is 29.0 Å². The Balaban J connectivity index is 2.52. The Kier molecular flexibility index (Phi) is 4.47. The number of aryl methyl sites for hydroxylation is 2. The topological polar surface area (TPSA) is 55.9 Å². The molecule has 0 spiro atoms. The fourth-order valence-electron chi connectivity index (χ4n) is 2.09. The predicted molar refractivity (Wildman–Crippen MR) is 78.3 cm³/mol. The zero-order chi connectivity index (χ0) is 14.0. The van der Waals surface area contributed by atoms with Gasteiger partial charge in [0.1, 0.15) is 0 Å². The standard InChI is InChI=1S/C13H16Cl2N4/c1-3-19-13(11(15)7-17-19)12(18-16)9-5-4-8(2)6-10(9)14/h4-7,12,18H,3,16H2,1-2H3. The number of benzene rings is 1. The molecule has 2 rings (SSSR count). The Labute approximate surface area is 122 Å². The van der Waals surface area contributed by atoms with Gasteiger partial charge in [0.25, 0.3) is 0 Å². The molecule has 1 aromatic heterocycles. The normalized spacial score (nSPS) is 12.7. The first-order valence-electron chi connectivity index (χ1n) is 6.01. The first kappa shape index (κ1) is 14.3. The van der Waals surface area contributed by atoms with Gasteiger partial charge in [-0.15, -0.1) is 0 Å². The number of nitrogens with one attached hydrogen (secondary N) is 1. The number of aromatic nitrogens is 2. The van der Waals surface area contributed by atoms with E-state index < -0.39 is 0 Å². The fraction of sp³-hybridized carbons (Fsp3) is 0.308. The van der Waals surface area contributed by atoms with Crippen LogP contribution in [0.3, 0.4) is 0 Å². The average molecular weight is 299 g/mol. The van der Waals surface area contributed by atoms with E-state index in [0.717, 1.165) is 16.8 Å². The van der Waals surface area contributed by atoms with E-state index >= 15 is 0 Å². The lowest BCUT2D eigenvalue weighted by Crippen LogP contribution is -2.31. The summed E-state index contributed by atoms with van der Waals surface area (Å²) in [6.07, 6.45) is 1.62. The van der Waals surface area contributed by atoms with Crippen LogP contribution >= 0.6 is 23.2 Å². The Morgan fingerprint density at radius 2 is 2.11 bits per heavy atom. The van der Waals surface area contributed by atoms with Gasteiger partial charge < -0.3 is 0 Å². The summed E-state index contributed by atoms with van der Waals surface area (Å²) in [6.45, 7) is 4.70. The molecule has 0 aliphatic heterocycles. The Morgan fingerprint density at radius 3 is 2.68 bits per heavy atom. The third-order valence-corrected chi connectivity index (χ3v) is 3.66. The second-order valence-corrected chi connectivity index (χ2v) is 5.13. The highest BCUT2D eigenvalue weighted by Gasteiger charge is 2.22. The van der Waals surface area contributed by atoms with Crippen molar-refractivity contribution >= 4 is 23.2 Å². The fourth-order valence-corrected chi connectivity index (χ4v) is 2.69. The molecule has 4 nitrogen and oxygen atoms in total. The number of nitrogens with zero attached hydrogens (tertiary/aromatic N) is 2. The van der Waals surface area contributed by atoms with Crippen LogP contribution in [0.15, 0.2) is 24.4 Å². The number of hydrazine groups is 1. The minimum absolute atomic E-state index is 0.289. The minimum atomic E-state index is -0.289. The molecule has 19 heavy (non-hydrogen) atoms. The molecular formula is C13H16Cl2N4. The van der Waals surface area contributed by atoms with E-state index in [-0.39, 0.29) is 6.04 Å². The smallest absolute Gasteiger partial charge is 0.0907 e. The first-order chi connectivity index (χ1) is 9.08. The summed E-state index contributed by atoms with van der Waals surface area (Å²) >= 11 is 12.5. The van der Waals surface area contributed by atoms with E-state index in [2.05, 4.69) is 10.5 Å². The van der Waals surface area contributed by atoms with Gasteiger partial charge in [-0.25, -0.2) is 5.43 Å². The number of rotatable bonds is 4. The van der Waals surface area contributed by atoms with Crippen LogP contribution in [0, 0.1) is 6.92 Å². The zero-order valence-corrected chi connectivity index (χ0v) is 12.3. The van der Waals surface area contributed by atoms with Gasteiger partial charge in [0.15, 0.2) is 0 Å². The average Bonchev–Trinajstić information content (AvgIpc) is 2.74. The molecule has 0 radical (unpaired) electrons. The molecule has 1 aromatic carbocycles. The van der Waals surface area contributed by atoms with Crippen LogP contribution in [0.1, 0.15) is 29.8 Å². The van der Waals surface area contributed by atoms with Gasteiger partial charge in [-0.05, 0) is 31.0 Å². The third-order valence-electron chi connectivity index (χ3n) is 3.04. The number of nitrogens with two attached hydrogens (primary N) is 1. The Morgan fingerprint density at radius 1 is 1.37 bits per heavy atom. The summed E-state index contributed by atoms with van der Waals surface area (Å²) in [6, 6.07) is 5.56. The van der Waals surface area contributed by atoms with Gasteiger partial charge in [-0.3, -0.25) is 10.5 Å². The maximum atomic E-state index is 6.30. The van der Waals surface area contributed by atoms with Crippen molar-refractivity contribution in [3.05, 3.63) is 51.3 Å². The van der Waals surface area contributed by atoms with Crippen molar-refractivity contribution in [2.45, 2.75) is 26.4 Å². The van der Waals surface area contributed by atoms with Crippen molar-refractivity contribution in [1.29, 1.82) is 0 Å². The van der Waals surface area contributed by atoms with Crippen LogP contribution in [0.4, 0.5) is 0 Å². The molecule has 0 aliphatic rings. The largest absolute Gasteiger partial charge is 0.271 e. The van der Waals surface area contributed by atoms with Crippen molar-refractivity contribution < 1.29 is 0 Å². The summed E-state index contributed by atoms with van der Waals surface area (Å²) in [4.78, 5) is 0. The Bertz CT molecular complexity index is 580. The van der Waals surface area contributed by atoms with Crippen molar-refractivity contribution in [2.24, 2.45) is 5.84 Å². The van der Waals surface area contributed by atoms with Gasteiger partial charge in [0.05, 0.1) is 23.0 Å². The summed E-state index contributed by atoms with van der Waals surface area (Å²) in [5.74, 6) is 5.69. The van der Waals surface area contributed by atoms with Gasteiger partial charge in [0, 0.05) is 11.6 Å². The highest BCUT2D eigenvalue weighted by atomic mass is 35.5. The van der Waals surface area contributed by atoms with Gasteiger partial charge in [-0.2, -0.15) is 5.10 Å². The highest BCUT2D eigenvalue weighted by Crippen LogP contribution is 2.32. The third kappa shape index (κ3) is 2.77. The molecule has 1 heterocycles. The summed E-state index contributed by atoms with van der Waals surface area (Å²) in [5, 5.41) is 5.45. The van der Waals surface area contributed by atoms with Crippen LogP contribution in [0.5, 0.6) is 0 Å². The zero-order valence-electron chi connectivity index (χ0n) is 10.8. The summed E-state index contributed by atoms with van der Waals surface area (Å²) < 4.78 is 1.81. The lowest BCUT2D eigenvalue weighted by atomic mass is 10.0. The van der Waals surface area contributed by atoms with Crippen LogP contribution in [-0.4, -0.2) is 9.78 Å². The second-order valence-electron chi connectivity index (χ2n) is 4.32. The van der Waals surface area contributed by atoms with Crippen molar-refractivity contribution in [3.8, 4) is 0 Å². The van der Waals surface area contributed by atoms with Crippen molar-refractivity contribution in [1.82, 2.24) is 15.2 Å². The quantitative estimate of drug-likeness (QED) is 0.674. The van der Waals surface area contributed by atoms with E-state index in [1.54, 1.807) is 6.20 Å². The SMILES string of the molecule is CCn1ncc(Cl)c1C(NN)c1ccc(C)cc1Cl. The van der Waals surface area contributed by atoms with Crippen LogP contribution in [0.2, 0.25) is 10.0 Å². The molecule has 2 aromatic rings. The van der Waals surface area contributed by atoms with E-state index in [1.165, 1.54) is 0 Å². The number of hydrogen-bond acceptors (Lipinski definition) is 3. The molecule has 0 bridgehead atoms. The van der Waals surface area contributed by atoms with E-state index in [1.807, 2.05) is 36.7 Å². The van der Waals surface area contributed by atoms with Gasteiger partial charge >= 0.3 is 0 Å². The molecule has 0 fully saturated rings. The lowest BCUT2D eigenvalue weighted by molar-refractivity contribution is 0.543. The lowest BCUT2D eigenvalue weighted by Gasteiger charge is -2.19. The maximum absolute atomic E-state index is 6.30. The van der Waals surface area contributed by atoms with E-state index in [0.29, 0.717) is 16.6 Å². The summed E-state index contributed by atoms with van der Waals surface area (Å²) in [7, 11) is 0. The Hall–Kier alpha value is -1.07. The maximum Gasteiger partial charge on any atom is 0.0907 e. The number of hydrogen-bond donors (Lipinski definition) is 2. The second kappa shape index (κ2) is 5.92. The first-order valence-corrected chi connectivity index (χ1v) is 6.77. The van der Waals surface area contributed by atoms with Crippen molar-refractivity contribution in [3.63, 3.8) is 0 Å². The molecule has 1 atom stereocenters. The van der Waals surface area contributed by atoms with Crippen LogP contribution in [0.25, 0.3) is 0 Å². The van der Waals surface area contributed by atoms with Crippen molar-refractivity contribution in [2.75, 3.05) is 0 Å². The van der Waals surface area contributed by atoms with Crippen LogP contribution in [-0.2, 0) is 6.54 Å².